The Balaban J connectivity index is 2.83. The normalized spacial score (nSPS) is 27.2. The van der Waals surface area contributed by atoms with Crippen LogP contribution in [0.25, 0.3) is 0 Å². The van der Waals surface area contributed by atoms with Gasteiger partial charge in [-0.15, -0.1) is 0 Å². The maximum Gasteiger partial charge on any atom is 0.122 e. The Morgan fingerprint density at radius 2 is 2.44 bits per heavy atom. The van der Waals surface area contributed by atoms with Gasteiger partial charge in [0, 0.05) is 4.83 Å². The SMILES string of the molecule is CC1=C(F)C=CCC1Br. The van der Waals surface area contributed by atoms with E-state index in [0.717, 1.165) is 12.0 Å². The van der Waals surface area contributed by atoms with Gasteiger partial charge in [0.25, 0.3) is 0 Å². The zero-order valence-electron chi connectivity index (χ0n) is 5.20. The van der Waals surface area contributed by atoms with Gasteiger partial charge in [-0.2, -0.15) is 0 Å². The standard InChI is InChI=1S/C7H8BrF/c1-5-6(8)3-2-4-7(5)9/h2,4,6H,3H2,1H3. The Morgan fingerprint density at radius 1 is 1.78 bits per heavy atom. The molecule has 0 saturated carbocycles. The minimum Gasteiger partial charge on any atom is -0.207 e. The van der Waals surface area contributed by atoms with Crippen LogP contribution in [0, 0.1) is 0 Å². The van der Waals surface area contributed by atoms with Gasteiger partial charge in [0.05, 0.1) is 0 Å². The first-order valence-corrected chi connectivity index (χ1v) is 3.80. The first-order chi connectivity index (χ1) is 4.22. The van der Waals surface area contributed by atoms with Crippen LogP contribution in [0.1, 0.15) is 13.3 Å². The average molecular weight is 191 g/mol. The van der Waals surface area contributed by atoms with E-state index >= 15 is 0 Å². The molecule has 0 spiro atoms. The highest BCUT2D eigenvalue weighted by Crippen LogP contribution is 2.25. The largest absolute Gasteiger partial charge is 0.207 e. The Bertz CT molecular complexity index is 170. The minimum atomic E-state index is -0.0943. The summed E-state index contributed by atoms with van der Waals surface area (Å²) in [5, 5.41) is 0. The maximum atomic E-state index is 12.6. The van der Waals surface area contributed by atoms with Gasteiger partial charge in [0.15, 0.2) is 0 Å². The van der Waals surface area contributed by atoms with E-state index in [0.29, 0.717) is 0 Å². The van der Waals surface area contributed by atoms with Crippen molar-refractivity contribution in [1.82, 2.24) is 0 Å². The molecule has 50 valence electrons. The van der Waals surface area contributed by atoms with Gasteiger partial charge >= 0.3 is 0 Å². The Kier molecular flexibility index (Phi) is 2.06. The van der Waals surface area contributed by atoms with Crippen LogP contribution in [-0.2, 0) is 0 Å². The van der Waals surface area contributed by atoms with Crippen molar-refractivity contribution in [3.63, 3.8) is 0 Å². The predicted molar refractivity (Wildman–Crippen MR) is 40.3 cm³/mol. The molecule has 1 aliphatic rings. The fraction of sp³-hybridized carbons (Fsp3) is 0.429. The second-order valence-corrected chi connectivity index (χ2v) is 3.24. The number of hydrogen-bond donors (Lipinski definition) is 0. The summed E-state index contributed by atoms with van der Waals surface area (Å²) in [6.07, 6.45) is 4.26. The average Bonchev–Trinajstić information content (AvgIpc) is 1.83. The summed E-state index contributed by atoms with van der Waals surface area (Å²) in [7, 11) is 0. The van der Waals surface area contributed by atoms with Crippen LogP contribution in [0.5, 0.6) is 0 Å². The van der Waals surface area contributed by atoms with E-state index in [1.165, 1.54) is 6.08 Å². The van der Waals surface area contributed by atoms with Crippen molar-refractivity contribution < 1.29 is 4.39 Å². The van der Waals surface area contributed by atoms with Gasteiger partial charge in [-0.1, -0.05) is 22.0 Å². The molecule has 1 aliphatic carbocycles. The fourth-order valence-electron chi connectivity index (χ4n) is 0.749. The molecule has 0 aliphatic heterocycles. The van der Waals surface area contributed by atoms with E-state index in [1.54, 1.807) is 6.92 Å². The highest BCUT2D eigenvalue weighted by molar-refractivity contribution is 9.09. The highest BCUT2D eigenvalue weighted by Gasteiger charge is 2.11. The summed E-state index contributed by atoms with van der Waals surface area (Å²) in [6.45, 7) is 1.80. The zero-order valence-corrected chi connectivity index (χ0v) is 6.78. The molecule has 0 N–H and O–H groups in total. The third kappa shape index (κ3) is 1.42. The lowest BCUT2D eigenvalue weighted by Crippen LogP contribution is -2.02. The minimum absolute atomic E-state index is 0.0943. The summed E-state index contributed by atoms with van der Waals surface area (Å²) in [5.74, 6) is -0.0943. The smallest absolute Gasteiger partial charge is 0.122 e. The Hall–Kier alpha value is -0.110. The molecule has 0 aromatic rings. The van der Waals surface area contributed by atoms with Crippen LogP contribution in [0.4, 0.5) is 4.39 Å². The van der Waals surface area contributed by atoms with Gasteiger partial charge in [-0.3, -0.25) is 0 Å². The lowest BCUT2D eigenvalue weighted by molar-refractivity contribution is 0.640. The third-order valence-electron chi connectivity index (χ3n) is 1.45. The van der Waals surface area contributed by atoms with Crippen molar-refractivity contribution in [1.29, 1.82) is 0 Å². The molecule has 0 saturated heterocycles. The van der Waals surface area contributed by atoms with Crippen molar-refractivity contribution >= 4 is 15.9 Å². The van der Waals surface area contributed by atoms with E-state index in [9.17, 15) is 4.39 Å². The van der Waals surface area contributed by atoms with Crippen LogP contribution >= 0.6 is 15.9 Å². The molecule has 2 heteroatoms. The van der Waals surface area contributed by atoms with E-state index in [-0.39, 0.29) is 10.7 Å². The second-order valence-electron chi connectivity index (χ2n) is 2.14. The van der Waals surface area contributed by atoms with Crippen molar-refractivity contribution in [3.8, 4) is 0 Å². The molecule has 0 amide bonds. The van der Waals surface area contributed by atoms with E-state index in [4.69, 9.17) is 0 Å². The number of alkyl halides is 1. The Labute approximate surface area is 62.6 Å². The summed E-state index contributed by atoms with van der Waals surface area (Å²) in [6, 6.07) is 0. The van der Waals surface area contributed by atoms with Gasteiger partial charge in [-0.05, 0) is 25.0 Å². The number of halogens is 2. The molecule has 0 aromatic carbocycles. The van der Waals surface area contributed by atoms with Crippen molar-refractivity contribution in [2.24, 2.45) is 0 Å². The molecule has 0 aromatic heterocycles. The van der Waals surface area contributed by atoms with E-state index in [1.807, 2.05) is 6.08 Å². The van der Waals surface area contributed by atoms with Crippen LogP contribution in [0.2, 0.25) is 0 Å². The summed E-state index contributed by atoms with van der Waals surface area (Å²) >= 11 is 3.34. The van der Waals surface area contributed by atoms with Gasteiger partial charge in [-0.25, -0.2) is 4.39 Å². The van der Waals surface area contributed by atoms with Crippen molar-refractivity contribution in [3.05, 3.63) is 23.6 Å². The summed E-state index contributed by atoms with van der Waals surface area (Å²) in [5.41, 5.74) is 0.803. The third-order valence-corrected chi connectivity index (χ3v) is 2.51. The molecule has 0 nitrogen and oxygen atoms in total. The molecule has 0 fully saturated rings. The molecule has 0 radical (unpaired) electrons. The summed E-state index contributed by atoms with van der Waals surface area (Å²) in [4.78, 5) is 0.211. The molecule has 1 unspecified atom stereocenters. The maximum absolute atomic E-state index is 12.6. The molecule has 0 heterocycles. The topological polar surface area (TPSA) is 0 Å². The van der Waals surface area contributed by atoms with Crippen LogP contribution in [0.3, 0.4) is 0 Å². The highest BCUT2D eigenvalue weighted by atomic mass is 79.9. The molecule has 1 rings (SSSR count). The molecule has 0 bridgehead atoms. The predicted octanol–water partition coefficient (Wildman–Crippen LogP) is 2.95. The van der Waals surface area contributed by atoms with E-state index < -0.39 is 0 Å². The molecule has 1 atom stereocenters. The van der Waals surface area contributed by atoms with Crippen molar-refractivity contribution in [2.75, 3.05) is 0 Å². The van der Waals surface area contributed by atoms with Crippen LogP contribution in [0.15, 0.2) is 23.6 Å². The first-order valence-electron chi connectivity index (χ1n) is 2.88. The van der Waals surface area contributed by atoms with Crippen LogP contribution < -0.4 is 0 Å². The molecule has 9 heavy (non-hydrogen) atoms. The van der Waals surface area contributed by atoms with E-state index in [2.05, 4.69) is 15.9 Å². The monoisotopic (exact) mass is 190 g/mol. The zero-order chi connectivity index (χ0) is 6.85. The first kappa shape index (κ1) is 7.00. The number of allylic oxidation sites excluding steroid dienone is 4. The van der Waals surface area contributed by atoms with Gasteiger partial charge in [0.2, 0.25) is 0 Å². The lowest BCUT2D eigenvalue weighted by Gasteiger charge is -2.11. The quantitative estimate of drug-likeness (QED) is 0.516. The second kappa shape index (κ2) is 2.65. The Morgan fingerprint density at radius 3 is 2.89 bits per heavy atom. The number of rotatable bonds is 0. The van der Waals surface area contributed by atoms with Gasteiger partial charge in [0.1, 0.15) is 5.83 Å². The number of hydrogen-bond acceptors (Lipinski definition) is 0. The van der Waals surface area contributed by atoms with Gasteiger partial charge < -0.3 is 0 Å². The molecular formula is C7H8BrF. The lowest BCUT2D eigenvalue weighted by atomic mass is 10.1. The fourth-order valence-corrected chi connectivity index (χ4v) is 1.18. The summed E-state index contributed by atoms with van der Waals surface area (Å²) < 4.78 is 12.6. The molecular weight excluding hydrogens is 183 g/mol. The van der Waals surface area contributed by atoms with Crippen LogP contribution in [-0.4, -0.2) is 4.83 Å². The van der Waals surface area contributed by atoms with Crippen molar-refractivity contribution in [2.45, 2.75) is 18.2 Å².